The molecule has 2 aliphatic rings. The summed E-state index contributed by atoms with van der Waals surface area (Å²) in [6.07, 6.45) is 4.54. The van der Waals surface area contributed by atoms with Crippen LogP contribution >= 0.6 is 0 Å². The first-order chi connectivity index (χ1) is 12.0. The molecule has 1 saturated heterocycles. The van der Waals surface area contributed by atoms with E-state index >= 15 is 0 Å². The van der Waals surface area contributed by atoms with Gasteiger partial charge in [-0.3, -0.25) is 0 Å². The number of urea groups is 1. The molecule has 3 rings (SSSR count). The Morgan fingerprint density at radius 3 is 2.80 bits per heavy atom. The fraction of sp³-hybridized carbons (Fsp3) is 0.632. The van der Waals surface area contributed by atoms with Gasteiger partial charge in [0.25, 0.3) is 0 Å². The van der Waals surface area contributed by atoms with Crippen molar-refractivity contribution in [2.45, 2.75) is 56.2 Å². The van der Waals surface area contributed by atoms with Gasteiger partial charge in [-0.05, 0) is 63.3 Å². The highest BCUT2D eigenvalue weighted by atomic mass is 19.1. The first-order valence-electron chi connectivity index (χ1n) is 9.22. The number of likely N-dealkylation sites (N-methyl/N-ethyl adjacent to an activating group) is 1. The lowest BCUT2D eigenvalue weighted by atomic mass is 9.78. The maximum Gasteiger partial charge on any atom is 0.317 e. The van der Waals surface area contributed by atoms with Crippen LogP contribution in [-0.2, 0) is 5.60 Å². The zero-order chi connectivity index (χ0) is 17.9. The number of rotatable bonds is 4. The van der Waals surface area contributed by atoms with Crippen molar-refractivity contribution < 1.29 is 14.3 Å². The average molecular weight is 349 g/mol. The highest BCUT2D eigenvalue weighted by Crippen LogP contribution is 2.37. The second-order valence-electron chi connectivity index (χ2n) is 7.31. The van der Waals surface area contributed by atoms with E-state index in [0.717, 1.165) is 25.9 Å². The zero-order valence-corrected chi connectivity index (χ0v) is 14.8. The average Bonchev–Trinajstić information content (AvgIpc) is 3.06. The Labute approximate surface area is 148 Å². The van der Waals surface area contributed by atoms with Gasteiger partial charge in [-0.25, -0.2) is 9.18 Å². The van der Waals surface area contributed by atoms with Crippen molar-refractivity contribution in [1.82, 2.24) is 15.5 Å². The Morgan fingerprint density at radius 1 is 1.36 bits per heavy atom. The third-order valence-corrected chi connectivity index (χ3v) is 5.58. The molecule has 138 valence electrons. The highest BCUT2D eigenvalue weighted by molar-refractivity contribution is 5.75. The second kappa shape index (κ2) is 7.70. The molecule has 2 amide bonds. The van der Waals surface area contributed by atoms with Crippen LogP contribution in [0.1, 0.15) is 44.1 Å². The van der Waals surface area contributed by atoms with Gasteiger partial charge in [-0.1, -0.05) is 12.1 Å². The molecule has 25 heavy (non-hydrogen) atoms. The molecule has 0 aromatic heterocycles. The fourth-order valence-electron chi connectivity index (χ4n) is 4.11. The molecule has 1 aliphatic carbocycles. The molecule has 1 aromatic carbocycles. The predicted molar refractivity (Wildman–Crippen MR) is 94.7 cm³/mol. The van der Waals surface area contributed by atoms with E-state index in [1.54, 1.807) is 12.1 Å². The molecule has 6 heteroatoms. The summed E-state index contributed by atoms with van der Waals surface area (Å²) in [5.41, 5.74) is -0.364. The number of hydrogen-bond acceptors (Lipinski definition) is 3. The summed E-state index contributed by atoms with van der Waals surface area (Å²) in [4.78, 5) is 14.5. The van der Waals surface area contributed by atoms with Crippen molar-refractivity contribution in [2.75, 3.05) is 20.1 Å². The number of amides is 2. The summed E-state index contributed by atoms with van der Waals surface area (Å²) in [7, 11) is 1.91. The smallest absolute Gasteiger partial charge is 0.317 e. The summed E-state index contributed by atoms with van der Waals surface area (Å²) in [5.74, 6) is -0.328. The van der Waals surface area contributed by atoms with E-state index in [1.165, 1.54) is 12.1 Å². The monoisotopic (exact) mass is 349 g/mol. The molecule has 2 fully saturated rings. The normalized spacial score (nSPS) is 29.6. The van der Waals surface area contributed by atoms with Crippen LogP contribution < -0.4 is 10.6 Å². The van der Waals surface area contributed by atoms with Gasteiger partial charge in [0.1, 0.15) is 5.82 Å². The molecular formula is C19H28FN3O2. The molecule has 0 radical (unpaired) electrons. The zero-order valence-electron chi connectivity index (χ0n) is 14.8. The molecular weight excluding hydrogens is 321 g/mol. The molecule has 3 N–H and O–H groups in total. The number of nitrogens with zero attached hydrogens (tertiary/aromatic N) is 1. The van der Waals surface area contributed by atoms with Crippen molar-refractivity contribution in [3.63, 3.8) is 0 Å². The van der Waals surface area contributed by atoms with Gasteiger partial charge in [0.2, 0.25) is 0 Å². The first-order valence-corrected chi connectivity index (χ1v) is 9.22. The molecule has 1 atom stereocenters. The van der Waals surface area contributed by atoms with Crippen LogP contribution in [0.25, 0.3) is 0 Å². The van der Waals surface area contributed by atoms with Crippen molar-refractivity contribution in [2.24, 2.45) is 0 Å². The second-order valence-corrected chi connectivity index (χ2v) is 7.31. The summed E-state index contributed by atoms with van der Waals surface area (Å²) in [6.45, 7) is 1.62. The van der Waals surface area contributed by atoms with Crippen LogP contribution in [0.4, 0.5) is 9.18 Å². The molecule has 0 bridgehead atoms. The lowest BCUT2D eigenvalue weighted by Crippen LogP contribution is -2.50. The van der Waals surface area contributed by atoms with Crippen molar-refractivity contribution in [1.29, 1.82) is 0 Å². The molecule has 1 aromatic rings. The van der Waals surface area contributed by atoms with E-state index in [4.69, 9.17) is 0 Å². The Hall–Kier alpha value is -1.66. The number of aliphatic hydroxyl groups is 1. The summed E-state index contributed by atoms with van der Waals surface area (Å²) >= 11 is 0. The van der Waals surface area contributed by atoms with Gasteiger partial charge in [0, 0.05) is 25.2 Å². The highest BCUT2D eigenvalue weighted by Gasteiger charge is 2.36. The van der Waals surface area contributed by atoms with E-state index in [0.29, 0.717) is 31.2 Å². The van der Waals surface area contributed by atoms with Crippen molar-refractivity contribution in [3.8, 4) is 0 Å². The van der Waals surface area contributed by atoms with Crippen LogP contribution in [0, 0.1) is 5.82 Å². The Kier molecular flexibility index (Phi) is 5.59. The van der Waals surface area contributed by atoms with Gasteiger partial charge in [0.15, 0.2) is 0 Å². The van der Waals surface area contributed by atoms with Gasteiger partial charge < -0.3 is 20.6 Å². The van der Waals surface area contributed by atoms with Crippen molar-refractivity contribution >= 4 is 6.03 Å². The largest absolute Gasteiger partial charge is 0.385 e. The Balaban J connectivity index is 1.55. The summed E-state index contributed by atoms with van der Waals surface area (Å²) in [6, 6.07) is 6.52. The number of nitrogens with one attached hydrogen (secondary N) is 2. The number of likely N-dealkylation sites (tertiary alicyclic amines) is 1. The van der Waals surface area contributed by atoms with Crippen LogP contribution in [0.3, 0.4) is 0 Å². The maximum atomic E-state index is 13.4. The topological polar surface area (TPSA) is 64.6 Å². The van der Waals surface area contributed by atoms with E-state index in [9.17, 15) is 14.3 Å². The molecule has 1 saturated carbocycles. The quantitative estimate of drug-likeness (QED) is 0.782. The number of halogens is 1. The summed E-state index contributed by atoms with van der Waals surface area (Å²) < 4.78 is 13.4. The predicted octanol–water partition coefficient (Wildman–Crippen LogP) is 2.35. The summed E-state index contributed by atoms with van der Waals surface area (Å²) in [5, 5.41) is 17.1. The fourth-order valence-corrected chi connectivity index (χ4v) is 4.11. The molecule has 1 unspecified atom stereocenters. The third-order valence-electron chi connectivity index (χ3n) is 5.58. The Morgan fingerprint density at radius 2 is 2.12 bits per heavy atom. The van der Waals surface area contributed by atoms with E-state index in [-0.39, 0.29) is 23.9 Å². The van der Waals surface area contributed by atoms with E-state index in [2.05, 4.69) is 10.6 Å². The molecule has 5 nitrogen and oxygen atoms in total. The van der Waals surface area contributed by atoms with Gasteiger partial charge in [-0.15, -0.1) is 0 Å². The number of carbonyl (C=O) groups excluding carboxylic acids is 1. The lowest BCUT2D eigenvalue weighted by molar-refractivity contribution is -0.00801. The first kappa shape index (κ1) is 18.1. The number of hydrogen-bond donors (Lipinski definition) is 3. The van der Waals surface area contributed by atoms with Crippen molar-refractivity contribution in [3.05, 3.63) is 35.6 Å². The Bertz CT molecular complexity index is 602. The SMILES string of the molecule is CNCC1CCCN1C(=O)NC1CCC(O)(c2cccc(F)c2)CC1. The molecule has 1 heterocycles. The minimum atomic E-state index is -0.994. The number of benzene rings is 1. The van der Waals surface area contributed by atoms with Crippen LogP contribution in [-0.4, -0.2) is 48.3 Å². The molecule has 0 spiro atoms. The van der Waals surface area contributed by atoms with Gasteiger partial charge >= 0.3 is 6.03 Å². The minimum Gasteiger partial charge on any atom is -0.385 e. The van der Waals surface area contributed by atoms with Crippen LogP contribution in [0.5, 0.6) is 0 Å². The van der Waals surface area contributed by atoms with E-state index in [1.807, 2.05) is 11.9 Å². The van der Waals surface area contributed by atoms with Crippen LogP contribution in [0.2, 0.25) is 0 Å². The van der Waals surface area contributed by atoms with Gasteiger partial charge in [0.05, 0.1) is 5.60 Å². The third kappa shape index (κ3) is 4.12. The standard InChI is InChI=1S/C19H28FN3O2/c1-21-13-17-6-3-11-23(17)18(24)22-16-7-9-19(25,10-8-16)14-4-2-5-15(20)12-14/h2,4-5,12,16-17,21,25H,3,6-11,13H2,1H3,(H,22,24). The lowest BCUT2D eigenvalue weighted by Gasteiger charge is -2.37. The van der Waals surface area contributed by atoms with E-state index < -0.39 is 5.60 Å². The maximum absolute atomic E-state index is 13.4. The molecule has 1 aliphatic heterocycles. The van der Waals surface area contributed by atoms with Crippen LogP contribution in [0.15, 0.2) is 24.3 Å². The van der Waals surface area contributed by atoms with Gasteiger partial charge in [-0.2, -0.15) is 0 Å². The number of carbonyl (C=O) groups is 1. The minimum absolute atomic E-state index is 0.000977.